The highest BCUT2D eigenvalue weighted by molar-refractivity contribution is 8.00. The van der Waals surface area contributed by atoms with E-state index in [0.717, 1.165) is 17.8 Å². The number of amides is 1. The third-order valence-corrected chi connectivity index (χ3v) is 4.53. The number of hydrogen-bond donors (Lipinski definition) is 1. The van der Waals surface area contributed by atoms with Crippen molar-refractivity contribution in [1.82, 2.24) is 20.2 Å². The van der Waals surface area contributed by atoms with Crippen molar-refractivity contribution in [3.8, 4) is 0 Å². The number of aromatic nitrogens is 4. The number of hydrogen-bond acceptors (Lipinski definition) is 6. The summed E-state index contributed by atoms with van der Waals surface area (Å²) in [5, 5.41) is 14.1. The van der Waals surface area contributed by atoms with Crippen molar-refractivity contribution in [1.29, 1.82) is 0 Å². The van der Waals surface area contributed by atoms with E-state index in [2.05, 4.69) is 20.8 Å². The van der Waals surface area contributed by atoms with Crippen LogP contribution in [0, 0.1) is 5.82 Å². The Morgan fingerprint density at radius 1 is 1.48 bits per heavy atom. The smallest absolute Gasteiger partial charge is 0.237 e. The molecule has 1 amide bonds. The van der Waals surface area contributed by atoms with E-state index in [1.165, 1.54) is 16.8 Å². The molecule has 0 aliphatic carbocycles. The second-order valence-electron chi connectivity index (χ2n) is 5.07. The summed E-state index contributed by atoms with van der Waals surface area (Å²) in [6, 6.07) is 7.62. The third kappa shape index (κ3) is 4.37. The maximum atomic E-state index is 13.8. The fourth-order valence-corrected chi connectivity index (χ4v) is 2.91. The molecular weight excluding hydrogens is 369 g/mol. The van der Waals surface area contributed by atoms with Crippen LogP contribution in [0.3, 0.4) is 0 Å². The molecule has 130 valence electrons. The minimum atomic E-state index is -0.597. The van der Waals surface area contributed by atoms with E-state index < -0.39 is 11.1 Å². The Hall–Kier alpha value is -2.39. The predicted molar refractivity (Wildman–Crippen MR) is 91.0 cm³/mol. The van der Waals surface area contributed by atoms with Crippen molar-refractivity contribution in [2.24, 2.45) is 0 Å². The molecular formula is C15H13ClFN5O2S. The first-order chi connectivity index (χ1) is 12.0. The minimum absolute atomic E-state index is 0.0667. The molecule has 0 saturated heterocycles. The Morgan fingerprint density at radius 2 is 2.32 bits per heavy atom. The van der Waals surface area contributed by atoms with Crippen LogP contribution in [-0.2, 0) is 11.3 Å². The summed E-state index contributed by atoms with van der Waals surface area (Å²) >= 11 is 6.86. The maximum Gasteiger partial charge on any atom is 0.237 e. The van der Waals surface area contributed by atoms with Crippen LogP contribution in [0.1, 0.15) is 12.7 Å². The predicted octanol–water partition coefficient (Wildman–Crippen LogP) is 3.23. The minimum Gasteiger partial charge on any atom is -0.467 e. The van der Waals surface area contributed by atoms with Gasteiger partial charge in [-0.25, -0.2) is 9.07 Å². The molecule has 0 saturated carbocycles. The molecule has 0 aliphatic heterocycles. The van der Waals surface area contributed by atoms with Gasteiger partial charge in [-0.2, -0.15) is 0 Å². The Morgan fingerprint density at radius 3 is 3.04 bits per heavy atom. The van der Waals surface area contributed by atoms with E-state index in [-0.39, 0.29) is 16.6 Å². The largest absolute Gasteiger partial charge is 0.467 e. The average molecular weight is 382 g/mol. The molecule has 1 unspecified atom stereocenters. The third-order valence-electron chi connectivity index (χ3n) is 3.23. The molecule has 3 aromatic rings. The highest BCUT2D eigenvalue weighted by Crippen LogP contribution is 2.24. The number of nitrogens with zero attached hydrogens (tertiary/aromatic N) is 4. The summed E-state index contributed by atoms with van der Waals surface area (Å²) in [4.78, 5) is 12.3. The van der Waals surface area contributed by atoms with Crippen LogP contribution >= 0.6 is 23.4 Å². The normalized spacial score (nSPS) is 12.1. The van der Waals surface area contributed by atoms with Crippen LogP contribution in [0.15, 0.2) is 46.2 Å². The number of halogens is 2. The molecule has 0 radical (unpaired) electrons. The number of nitrogens with one attached hydrogen (secondary N) is 1. The van der Waals surface area contributed by atoms with Gasteiger partial charge in [-0.3, -0.25) is 4.79 Å². The summed E-state index contributed by atoms with van der Waals surface area (Å²) < 4.78 is 20.6. The van der Waals surface area contributed by atoms with E-state index >= 15 is 0 Å². The molecule has 2 heterocycles. The standard InChI is InChI=1S/C15H13ClFN5O2S/c1-9(14(23)18-13-5-4-10(16)7-12(13)17)25-15-19-20-21-22(15)8-11-3-2-6-24-11/h2-7,9H,8H2,1H3,(H,18,23). The van der Waals surface area contributed by atoms with Gasteiger partial charge in [-0.1, -0.05) is 23.4 Å². The van der Waals surface area contributed by atoms with E-state index in [1.807, 2.05) is 0 Å². The monoisotopic (exact) mass is 381 g/mol. The number of carbonyl (C=O) groups excluding carboxylic acids is 1. The van der Waals surface area contributed by atoms with Crippen LogP contribution in [0.4, 0.5) is 10.1 Å². The Labute approximate surface area is 151 Å². The fourth-order valence-electron chi connectivity index (χ4n) is 1.97. The molecule has 25 heavy (non-hydrogen) atoms. The Kier molecular flexibility index (Phi) is 5.34. The Balaban J connectivity index is 1.65. The molecule has 3 rings (SSSR count). The SMILES string of the molecule is CC(Sc1nnnn1Cc1ccco1)C(=O)Nc1ccc(Cl)cc1F. The lowest BCUT2D eigenvalue weighted by atomic mass is 10.3. The van der Waals surface area contributed by atoms with Crippen LogP contribution < -0.4 is 5.32 Å². The van der Waals surface area contributed by atoms with Gasteiger partial charge in [-0.15, -0.1) is 5.10 Å². The van der Waals surface area contributed by atoms with Crippen molar-refractivity contribution < 1.29 is 13.6 Å². The van der Waals surface area contributed by atoms with Gasteiger partial charge in [0.2, 0.25) is 11.1 Å². The fraction of sp³-hybridized carbons (Fsp3) is 0.200. The zero-order valence-electron chi connectivity index (χ0n) is 13.0. The van der Waals surface area contributed by atoms with Crippen LogP contribution in [0.25, 0.3) is 0 Å². The number of carbonyl (C=O) groups is 1. The quantitative estimate of drug-likeness (QED) is 0.660. The molecule has 0 bridgehead atoms. The van der Waals surface area contributed by atoms with Crippen LogP contribution in [0.5, 0.6) is 0 Å². The van der Waals surface area contributed by atoms with E-state index in [1.54, 1.807) is 25.3 Å². The zero-order valence-corrected chi connectivity index (χ0v) is 14.6. The summed E-state index contributed by atoms with van der Waals surface area (Å²) in [6.45, 7) is 2.03. The second kappa shape index (κ2) is 7.66. The summed E-state index contributed by atoms with van der Waals surface area (Å²) in [7, 11) is 0. The van der Waals surface area contributed by atoms with Crippen molar-refractivity contribution in [3.05, 3.63) is 53.2 Å². The lowest BCUT2D eigenvalue weighted by Gasteiger charge is -2.12. The van der Waals surface area contributed by atoms with Crippen LogP contribution in [0.2, 0.25) is 5.02 Å². The first-order valence-electron chi connectivity index (χ1n) is 7.24. The first kappa shape index (κ1) is 17.4. The lowest BCUT2D eigenvalue weighted by Crippen LogP contribution is -2.23. The molecule has 0 spiro atoms. The van der Waals surface area contributed by atoms with Crippen LogP contribution in [-0.4, -0.2) is 31.4 Å². The maximum absolute atomic E-state index is 13.8. The Bertz CT molecular complexity index is 871. The molecule has 1 aromatic carbocycles. The van der Waals surface area contributed by atoms with E-state index in [0.29, 0.717) is 17.5 Å². The van der Waals surface area contributed by atoms with E-state index in [4.69, 9.17) is 16.0 Å². The van der Waals surface area contributed by atoms with Gasteiger partial charge in [0.1, 0.15) is 18.1 Å². The molecule has 1 atom stereocenters. The second-order valence-corrected chi connectivity index (χ2v) is 6.82. The van der Waals surface area contributed by atoms with Gasteiger partial charge in [0.25, 0.3) is 0 Å². The van der Waals surface area contributed by atoms with Gasteiger partial charge < -0.3 is 9.73 Å². The van der Waals surface area contributed by atoms with E-state index in [9.17, 15) is 9.18 Å². The van der Waals surface area contributed by atoms with Crippen molar-refractivity contribution in [3.63, 3.8) is 0 Å². The van der Waals surface area contributed by atoms with Gasteiger partial charge in [0, 0.05) is 5.02 Å². The first-order valence-corrected chi connectivity index (χ1v) is 8.50. The number of rotatable bonds is 6. The van der Waals surface area contributed by atoms with Gasteiger partial charge in [-0.05, 0) is 47.7 Å². The number of anilines is 1. The molecule has 0 aliphatic rings. The summed E-state index contributed by atoms with van der Waals surface area (Å²) in [5.74, 6) is -0.283. The van der Waals surface area contributed by atoms with Crippen molar-refractivity contribution >= 4 is 35.0 Å². The summed E-state index contributed by atoms with van der Waals surface area (Å²) in [6.07, 6.45) is 1.56. The lowest BCUT2D eigenvalue weighted by molar-refractivity contribution is -0.115. The molecule has 0 fully saturated rings. The topological polar surface area (TPSA) is 85.8 Å². The van der Waals surface area contributed by atoms with Crippen molar-refractivity contribution in [2.45, 2.75) is 23.9 Å². The van der Waals surface area contributed by atoms with Gasteiger partial charge in [0.15, 0.2) is 0 Å². The van der Waals surface area contributed by atoms with Gasteiger partial charge in [0.05, 0.1) is 17.2 Å². The molecule has 10 heteroatoms. The number of tetrazole rings is 1. The number of thioether (sulfide) groups is 1. The van der Waals surface area contributed by atoms with Gasteiger partial charge >= 0.3 is 0 Å². The summed E-state index contributed by atoms with van der Waals surface area (Å²) in [5.41, 5.74) is 0.0667. The highest BCUT2D eigenvalue weighted by atomic mass is 35.5. The van der Waals surface area contributed by atoms with Crippen molar-refractivity contribution in [2.75, 3.05) is 5.32 Å². The zero-order chi connectivity index (χ0) is 17.8. The molecule has 1 N–H and O–H groups in total. The number of furan rings is 1. The molecule has 7 nitrogen and oxygen atoms in total. The highest BCUT2D eigenvalue weighted by Gasteiger charge is 2.20. The number of benzene rings is 1. The average Bonchev–Trinajstić information content (AvgIpc) is 3.23. The molecule has 2 aromatic heterocycles.